The van der Waals surface area contributed by atoms with Crippen LogP contribution in [-0.4, -0.2) is 21.1 Å². The molecule has 0 spiro atoms. The van der Waals surface area contributed by atoms with Crippen LogP contribution in [0.2, 0.25) is 0 Å². The van der Waals surface area contributed by atoms with E-state index in [1.807, 2.05) is 4.72 Å². The van der Waals surface area contributed by atoms with Crippen LogP contribution in [0.3, 0.4) is 0 Å². The van der Waals surface area contributed by atoms with Crippen molar-refractivity contribution in [3.8, 4) is 6.07 Å². The van der Waals surface area contributed by atoms with Gasteiger partial charge < -0.3 is 0 Å². The van der Waals surface area contributed by atoms with Crippen molar-refractivity contribution in [2.24, 2.45) is 0 Å². The molecule has 0 aliphatic carbocycles. The van der Waals surface area contributed by atoms with Gasteiger partial charge in [0.2, 0.25) is 10.0 Å². The van der Waals surface area contributed by atoms with E-state index in [0.717, 1.165) is 6.07 Å². The third-order valence-corrected chi connectivity index (χ3v) is 3.52. The Morgan fingerprint density at radius 3 is 2.44 bits per heavy atom. The van der Waals surface area contributed by atoms with Gasteiger partial charge >= 0.3 is 6.18 Å². The van der Waals surface area contributed by atoms with Crippen LogP contribution in [0.5, 0.6) is 0 Å². The molecule has 0 heterocycles. The van der Waals surface area contributed by atoms with Gasteiger partial charge in [0.1, 0.15) is 6.07 Å². The lowest BCUT2D eigenvalue weighted by atomic mass is 10.2. The summed E-state index contributed by atoms with van der Waals surface area (Å²) in [5.74, 6) is 0. The molecule has 1 aromatic rings. The fourth-order valence-electron chi connectivity index (χ4n) is 1.20. The van der Waals surface area contributed by atoms with E-state index in [9.17, 15) is 21.6 Å². The zero-order valence-corrected chi connectivity index (χ0v) is 9.85. The Balaban J connectivity index is 2.85. The highest BCUT2D eigenvalue weighted by Crippen LogP contribution is 2.19. The third-order valence-electron chi connectivity index (χ3n) is 2.00. The number of nitrogens with one attached hydrogen (secondary N) is 1. The zero-order chi connectivity index (χ0) is 13.8. The van der Waals surface area contributed by atoms with Gasteiger partial charge in [-0.15, -0.1) is 0 Å². The first-order valence-corrected chi connectivity index (χ1v) is 6.30. The van der Waals surface area contributed by atoms with Gasteiger partial charge in [0.05, 0.1) is 16.9 Å². The first-order chi connectivity index (χ1) is 8.26. The average molecular weight is 278 g/mol. The molecule has 0 bridgehead atoms. The van der Waals surface area contributed by atoms with Crippen LogP contribution in [0, 0.1) is 11.3 Å². The summed E-state index contributed by atoms with van der Waals surface area (Å²) in [4.78, 5) is -0.324. The minimum atomic E-state index is -4.43. The summed E-state index contributed by atoms with van der Waals surface area (Å²) in [5, 5.41) is 8.71. The van der Waals surface area contributed by atoms with Crippen molar-refractivity contribution in [1.29, 1.82) is 5.26 Å². The number of nitrogens with zero attached hydrogens (tertiary/aromatic N) is 1. The Labute approximate surface area is 102 Å². The molecule has 0 fully saturated rings. The number of benzene rings is 1. The average Bonchev–Trinajstić information content (AvgIpc) is 2.27. The van der Waals surface area contributed by atoms with Crippen LogP contribution < -0.4 is 4.72 Å². The third kappa shape index (κ3) is 4.01. The van der Waals surface area contributed by atoms with Crippen LogP contribution in [0.4, 0.5) is 13.2 Å². The van der Waals surface area contributed by atoms with E-state index in [4.69, 9.17) is 5.26 Å². The van der Waals surface area contributed by atoms with E-state index < -0.39 is 29.2 Å². The van der Waals surface area contributed by atoms with Crippen LogP contribution in [0.1, 0.15) is 12.0 Å². The smallest absolute Gasteiger partial charge is 0.211 e. The van der Waals surface area contributed by atoms with E-state index in [1.54, 1.807) is 6.07 Å². The van der Waals surface area contributed by atoms with Crippen molar-refractivity contribution >= 4 is 10.0 Å². The molecule has 0 unspecified atom stereocenters. The molecule has 0 atom stereocenters. The summed E-state index contributed by atoms with van der Waals surface area (Å²) in [7, 11) is -4.10. The predicted molar refractivity (Wildman–Crippen MR) is 57.0 cm³/mol. The first kappa shape index (κ1) is 14.5. The standard InChI is InChI=1S/C10H9F3N2O2S/c11-10(12,13)5-6-15-18(16,17)9-4-2-1-3-8(9)7-14/h1-4,15H,5-6H2. The van der Waals surface area contributed by atoms with Crippen molar-refractivity contribution in [3.05, 3.63) is 29.8 Å². The molecule has 18 heavy (non-hydrogen) atoms. The normalized spacial score (nSPS) is 12.1. The summed E-state index contributed by atoms with van der Waals surface area (Å²) < 4.78 is 60.8. The van der Waals surface area contributed by atoms with Gasteiger partial charge in [-0.3, -0.25) is 0 Å². The van der Waals surface area contributed by atoms with E-state index in [1.165, 1.54) is 18.2 Å². The van der Waals surface area contributed by atoms with Gasteiger partial charge in [-0.1, -0.05) is 12.1 Å². The first-order valence-electron chi connectivity index (χ1n) is 4.82. The van der Waals surface area contributed by atoms with Crippen LogP contribution >= 0.6 is 0 Å². The Hall–Kier alpha value is -1.59. The van der Waals surface area contributed by atoms with E-state index >= 15 is 0 Å². The lowest BCUT2D eigenvalue weighted by Gasteiger charge is -2.09. The molecule has 0 saturated carbocycles. The molecule has 0 aromatic heterocycles. The Morgan fingerprint density at radius 2 is 1.89 bits per heavy atom. The maximum atomic E-state index is 11.9. The van der Waals surface area contributed by atoms with Gasteiger partial charge in [-0.05, 0) is 12.1 Å². The predicted octanol–water partition coefficient (Wildman–Crippen LogP) is 1.79. The summed E-state index contributed by atoms with van der Waals surface area (Å²) >= 11 is 0. The maximum absolute atomic E-state index is 11.9. The number of sulfonamides is 1. The maximum Gasteiger partial charge on any atom is 0.390 e. The van der Waals surface area contributed by atoms with E-state index in [0.29, 0.717) is 0 Å². The van der Waals surface area contributed by atoms with Crippen molar-refractivity contribution in [2.45, 2.75) is 17.5 Å². The van der Waals surface area contributed by atoms with E-state index in [2.05, 4.69) is 0 Å². The number of alkyl halides is 3. The summed E-state index contributed by atoms with van der Waals surface area (Å²) in [6.45, 7) is -0.758. The lowest BCUT2D eigenvalue weighted by molar-refractivity contribution is -0.132. The number of rotatable bonds is 4. The summed E-state index contributed by atoms with van der Waals surface area (Å²) in [6.07, 6.45) is -5.70. The highest BCUT2D eigenvalue weighted by atomic mass is 32.2. The second-order valence-electron chi connectivity index (χ2n) is 3.37. The molecule has 4 nitrogen and oxygen atoms in total. The van der Waals surface area contributed by atoms with Gasteiger partial charge in [0, 0.05) is 6.54 Å². The molecule has 0 aliphatic rings. The summed E-state index contributed by atoms with van der Waals surface area (Å²) in [6, 6.07) is 6.96. The minimum absolute atomic E-state index is 0.114. The molecular formula is C10H9F3N2O2S. The molecule has 1 aromatic carbocycles. The molecule has 1 N–H and O–H groups in total. The van der Waals surface area contributed by atoms with Crippen molar-refractivity contribution in [3.63, 3.8) is 0 Å². The second-order valence-corrected chi connectivity index (χ2v) is 5.11. The molecule has 0 aliphatic heterocycles. The number of hydrogen-bond acceptors (Lipinski definition) is 3. The van der Waals surface area contributed by atoms with Gasteiger partial charge in [0.15, 0.2) is 0 Å². The highest BCUT2D eigenvalue weighted by molar-refractivity contribution is 7.89. The molecule has 0 saturated heterocycles. The van der Waals surface area contributed by atoms with Crippen molar-refractivity contribution in [2.75, 3.05) is 6.54 Å². The fraction of sp³-hybridized carbons (Fsp3) is 0.300. The number of hydrogen-bond donors (Lipinski definition) is 1. The highest BCUT2D eigenvalue weighted by Gasteiger charge is 2.28. The summed E-state index contributed by atoms with van der Waals surface area (Å²) in [5.41, 5.74) is -0.114. The number of nitriles is 1. The number of halogens is 3. The van der Waals surface area contributed by atoms with Crippen molar-refractivity contribution in [1.82, 2.24) is 4.72 Å². The molecule has 98 valence electrons. The van der Waals surface area contributed by atoms with Crippen LogP contribution in [-0.2, 0) is 10.0 Å². The van der Waals surface area contributed by atoms with Crippen molar-refractivity contribution < 1.29 is 21.6 Å². The minimum Gasteiger partial charge on any atom is -0.211 e. The molecule has 1 rings (SSSR count). The Bertz CT molecular complexity index is 561. The molecular weight excluding hydrogens is 269 g/mol. The largest absolute Gasteiger partial charge is 0.390 e. The molecule has 0 radical (unpaired) electrons. The second kappa shape index (κ2) is 5.37. The Morgan fingerprint density at radius 1 is 1.28 bits per heavy atom. The topological polar surface area (TPSA) is 70.0 Å². The fourth-order valence-corrected chi connectivity index (χ4v) is 2.39. The lowest BCUT2D eigenvalue weighted by Crippen LogP contribution is -2.28. The van der Waals surface area contributed by atoms with Crippen LogP contribution in [0.25, 0.3) is 0 Å². The van der Waals surface area contributed by atoms with Gasteiger partial charge in [-0.25, -0.2) is 13.1 Å². The Kier molecular flexibility index (Phi) is 4.32. The quantitative estimate of drug-likeness (QED) is 0.912. The SMILES string of the molecule is N#Cc1ccccc1S(=O)(=O)NCCC(F)(F)F. The molecule has 0 amide bonds. The molecule has 8 heteroatoms. The zero-order valence-electron chi connectivity index (χ0n) is 9.03. The monoisotopic (exact) mass is 278 g/mol. The van der Waals surface area contributed by atoms with Gasteiger partial charge in [-0.2, -0.15) is 18.4 Å². The van der Waals surface area contributed by atoms with Crippen LogP contribution in [0.15, 0.2) is 29.2 Å². The van der Waals surface area contributed by atoms with E-state index in [-0.39, 0.29) is 10.5 Å². The van der Waals surface area contributed by atoms with Gasteiger partial charge in [0.25, 0.3) is 0 Å².